The Morgan fingerprint density at radius 3 is 2.45 bits per heavy atom. The molecule has 1 N–H and O–H groups in total. The molecule has 0 aliphatic carbocycles. The second-order valence-electron chi connectivity index (χ2n) is 8.33. The molecule has 0 saturated carbocycles. The molecule has 1 heterocycles. The summed E-state index contributed by atoms with van der Waals surface area (Å²) in [7, 11) is 7.38. The van der Waals surface area contributed by atoms with Crippen LogP contribution in [0.1, 0.15) is 11.1 Å². The van der Waals surface area contributed by atoms with E-state index >= 15 is 0 Å². The van der Waals surface area contributed by atoms with E-state index in [0.29, 0.717) is 12.1 Å². The summed E-state index contributed by atoms with van der Waals surface area (Å²) < 4.78 is 28.5. The molecule has 1 atom stereocenters. The van der Waals surface area contributed by atoms with Crippen molar-refractivity contribution in [3.8, 4) is 0 Å². The van der Waals surface area contributed by atoms with E-state index in [1.165, 1.54) is 11.0 Å². The fraction of sp³-hybridized carbons (Fsp3) is 0.375. The summed E-state index contributed by atoms with van der Waals surface area (Å²) in [5.41, 5.74) is 0.853. The van der Waals surface area contributed by atoms with Gasteiger partial charge in [-0.05, 0) is 49.5 Å². The molecule has 7 heteroatoms. The molecule has 166 valence electrons. The van der Waals surface area contributed by atoms with Crippen LogP contribution in [0.4, 0.5) is 13.6 Å². The highest BCUT2D eigenvalue weighted by atomic mass is 19.1. The van der Waals surface area contributed by atoms with Crippen LogP contribution in [0.15, 0.2) is 54.6 Å². The normalized spacial score (nSPS) is 18.4. The van der Waals surface area contributed by atoms with Crippen molar-refractivity contribution in [2.24, 2.45) is 0 Å². The van der Waals surface area contributed by atoms with E-state index in [4.69, 9.17) is 0 Å². The van der Waals surface area contributed by atoms with E-state index in [-0.39, 0.29) is 18.1 Å². The number of hydrogen-bond donors (Lipinski definition) is 1. The van der Waals surface area contributed by atoms with Gasteiger partial charge in [-0.15, -0.1) is 0 Å². The molecule has 0 aromatic heterocycles. The van der Waals surface area contributed by atoms with E-state index in [9.17, 15) is 13.6 Å². The van der Waals surface area contributed by atoms with E-state index < -0.39 is 17.2 Å². The molecule has 1 aliphatic heterocycles. The van der Waals surface area contributed by atoms with Gasteiger partial charge in [-0.25, -0.2) is 13.6 Å². The number of urea groups is 1. The molecular formula is C24H30F2N4O. The maximum atomic E-state index is 14.6. The van der Waals surface area contributed by atoms with Crippen molar-refractivity contribution < 1.29 is 13.6 Å². The summed E-state index contributed by atoms with van der Waals surface area (Å²) >= 11 is 0. The average molecular weight is 429 g/mol. The quantitative estimate of drug-likeness (QED) is 0.687. The van der Waals surface area contributed by atoms with E-state index in [1.807, 2.05) is 50.5 Å². The third kappa shape index (κ3) is 4.94. The number of nitrogens with zero attached hydrogens (tertiary/aromatic N) is 3. The highest BCUT2D eigenvalue weighted by Gasteiger charge is 2.45. The van der Waals surface area contributed by atoms with Crippen LogP contribution in [-0.4, -0.2) is 75.1 Å². The Kier molecular flexibility index (Phi) is 7.08. The first-order chi connectivity index (χ1) is 14.7. The summed E-state index contributed by atoms with van der Waals surface area (Å²) in [6.45, 7) is 2.19. The fourth-order valence-electron chi connectivity index (χ4n) is 3.91. The maximum absolute atomic E-state index is 14.6. The summed E-state index contributed by atoms with van der Waals surface area (Å²) in [6.07, 6.45) is 1.91. The number of halogens is 2. The molecule has 2 aromatic rings. The fourth-order valence-corrected chi connectivity index (χ4v) is 3.91. The Morgan fingerprint density at radius 2 is 1.81 bits per heavy atom. The Labute approximate surface area is 182 Å². The van der Waals surface area contributed by atoms with Crippen LogP contribution in [0.3, 0.4) is 0 Å². The number of carbonyl (C=O) groups excluding carboxylic acids is 1. The minimum Gasteiger partial charge on any atom is -0.331 e. The van der Waals surface area contributed by atoms with Crippen molar-refractivity contribution in [1.82, 2.24) is 20.0 Å². The highest BCUT2D eigenvalue weighted by Crippen LogP contribution is 2.41. The molecule has 0 spiro atoms. The Hall–Kier alpha value is -2.77. The van der Waals surface area contributed by atoms with Crippen LogP contribution >= 0.6 is 0 Å². The molecule has 1 unspecified atom stereocenters. The Bertz CT molecular complexity index is 946. The Balaban J connectivity index is 2.10. The van der Waals surface area contributed by atoms with Crippen molar-refractivity contribution >= 4 is 11.6 Å². The lowest BCUT2D eigenvalue weighted by atomic mass is 9.88. The standard InChI is InChI=1S/C24H30F2N4O/c1-28(2)13-12-27-17-24(19-8-6-5-7-9-19)15-18(16-30(24)23(31)29(3)4)21-14-20(25)10-11-22(21)26/h5-11,14-15,27H,12-13,16-17H2,1-4H3. The van der Waals surface area contributed by atoms with Gasteiger partial charge in [0.1, 0.15) is 17.2 Å². The number of nitrogens with one attached hydrogen (secondary N) is 1. The van der Waals surface area contributed by atoms with Gasteiger partial charge in [-0.3, -0.25) is 0 Å². The number of likely N-dealkylation sites (N-methyl/N-ethyl adjacent to an activating group) is 1. The third-order valence-electron chi connectivity index (χ3n) is 5.51. The molecule has 0 radical (unpaired) electrons. The van der Waals surface area contributed by atoms with Crippen molar-refractivity contribution in [3.05, 3.63) is 77.4 Å². The van der Waals surface area contributed by atoms with Crippen LogP contribution in [0.5, 0.6) is 0 Å². The van der Waals surface area contributed by atoms with Crippen LogP contribution in [0.2, 0.25) is 0 Å². The van der Waals surface area contributed by atoms with Gasteiger partial charge < -0.3 is 20.0 Å². The van der Waals surface area contributed by atoms with Crippen molar-refractivity contribution in [3.63, 3.8) is 0 Å². The van der Waals surface area contributed by atoms with E-state index in [2.05, 4.69) is 10.2 Å². The molecule has 0 fully saturated rings. The van der Waals surface area contributed by atoms with Crippen LogP contribution < -0.4 is 5.32 Å². The zero-order chi connectivity index (χ0) is 22.6. The third-order valence-corrected chi connectivity index (χ3v) is 5.51. The number of carbonyl (C=O) groups is 1. The van der Waals surface area contributed by atoms with Crippen LogP contribution in [0, 0.1) is 11.6 Å². The number of rotatable bonds is 7. The van der Waals surface area contributed by atoms with Crippen molar-refractivity contribution in [2.75, 3.05) is 54.4 Å². The van der Waals surface area contributed by atoms with Crippen LogP contribution in [0.25, 0.3) is 5.57 Å². The van der Waals surface area contributed by atoms with Crippen molar-refractivity contribution in [2.45, 2.75) is 5.54 Å². The SMILES string of the molecule is CN(C)CCNCC1(c2ccccc2)C=C(c2cc(F)ccc2F)CN1C(=O)N(C)C. The van der Waals surface area contributed by atoms with Gasteiger partial charge in [-0.1, -0.05) is 30.3 Å². The summed E-state index contributed by atoms with van der Waals surface area (Å²) in [6, 6.07) is 12.9. The first-order valence-electron chi connectivity index (χ1n) is 10.3. The minimum atomic E-state index is -0.830. The molecule has 31 heavy (non-hydrogen) atoms. The van der Waals surface area contributed by atoms with Gasteiger partial charge in [0.15, 0.2) is 0 Å². The number of amides is 2. The van der Waals surface area contributed by atoms with E-state index in [1.54, 1.807) is 19.0 Å². The second kappa shape index (κ2) is 9.58. The van der Waals surface area contributed by atoms with Gasteiger partial charge >= 0.3 is 6.03 Å². The first-order valence-corrected chi connectivity index (χ1v) is 10.3. The van der Waals surface area contributed by atoms with Gasteiger partial charge in [0.25, 0.3) is 0 Å². The molecule has 1 aliphatic rings. The van der Waals surface area contributed by atoms with E-state index in [0.717, 1.165) is 30.8 Å². The minimum absolute atomic E-state index is 0.182. The lowest BCUT2D eigenvalue weighted by molar-refractivity contribution is 0.134. The molecule has 5 nitrogen and oxygen atoms in total. The van der Waals surface area contributed by atoms with Gasteiger partial charge in [-0.2, -0.15) is 0 Å². The monoisotopic (exact) mass is 428 g/mol. The van der Waals surface area contributed by atoms with Gasteiger partial charge in [0.05, 0.1) is 0 Å². The lowest BCUT2D eigenvalue weighted by Gasteiger charge is -2.40. The molecule has 2 aromatic carbocycles. The van der Waals surface area contributed by atoms with Gasteiger partial charge in [0.2, 0.25) is 0 Å². The molecule has 3 rings (SSSR count). The zero-order valence-electron chi connectivity index (χ0n) is 18.5. The molecule has 0 saturated heterocycles. The maximum Gasteiger partial charge on any atom is 0.320 e. The molecule has 0 bridgehead atoms. The van der Waals surface area contributed by atoms with Crippen molar-refractivity contribution in [1.29, 1.82) is 0 Å². The Morgan fingerprint density at radius 1 is 1.10 bits per heavy atom. The summed E-state index contributed by atoms with van der Waals surface area (Å²) in [5, 5.41) is 3.45. The largest absolute Gasteiger partial charge is 0.331 e. The number of hydrogen-bond acceptors (Lipinski definition) is 3. The predicted octanol–water partition coefficient (Wildman–Crippen LogP) is 3.39. The first kappa shape index (κ1) is 22.9. The van der Waals surface area contributed by atoms with Crippen LogP contribution in [-0.2, 0) is 5.54 Å². The average Bonchev–Trinajstić information content (AvgIpc) is 3.13. The summed E-state index contributed by atoms with van der Waals surface area (Å²) in [5.74, 6) is -1.02. The topological polar surface area (TPSA) is 38.8 Å². The van der Waals surface area contributed by atoms with Gasteiger partial charge in [0, 0.05) is 45.8 Å². The number of benzene rings is 2. The molecule has 2 amide bonds. The second-order valence-corrected chi connectivity index (χ2v) is 8.33. The zero-order valence-corrected chi connectivity index (χ0v) is 18.5. The predicted molar refractivity (Wildman–Crippen MR) is 120 cm³/mol. The highest BCUT2D eigenvalue weighted by molar-refractivity contribution is 5.83. The smallest absolute Gasteiger partial charge is 0.320 e. The molecular weight excluding hydrogens is 398 g/mol. The summed E-state index contributed by atoms with van der Waals surface area (Å²) in [4.78, 5) is 18.5. The lowest BCUT2D eigenvalue weighted by Crippen LogP contribution is -2.54.